The van der Waals surface area contributed by atoms with Crippen molar-refractivity contribution in [2.75, 3.05) is 0 Å². The second-order valence-corrected chi connectivity index (χ2v) is 6.66. The second kappa shape index (κ2) is 7.80. The fourth-order valence-corrected chi connectivity index (χ4v) is 3.44. The van der Waals surface area contributed by atoms with E-state index < -0.39 is 0 Å². The Kier molecular flexibility index (Phi) is 5.52. The molecule has 3 heteroatoms. The van der Waals surface area contributed by atoms with Crippen molar-refractivity contribution in [2.24, 2.45) is 0 Å². The molecule has 0 spiro atoms. The minimum absolute atomic E-state index is 0.596. The molecule has 1 N–H and O–H groups in total. The van der Waals surface area contributed by atoms with Gasteiger partial charge in [0, 0.05) is 12.6 Å². The monoisotopic (exact) mass is 359 g/mol. The maximum atomic E-state index is 5.96. The number of benzene rings is 2. The molecular weight excluding hydrogens is 338 g/mol. The van der Waals surface area contributed by atoms with E-state index in [1.165, 1.54) is 36.8 Å². The topological polar surface area (TPSA) is 21.3 Å². The van der Waals surface area contributed by atoms with E-state index in [1.54, 1.807) is 0 Å². The summed E-state index contributed by atoms with van der Waals surface area (Å²) < 4.78 is 7.03. The van der Waals surface area contributed by atoms with Crippen LogP contribution in [0, 0.1) is 0 Å². The van der Waals surface area contributed by atoms with E-state index in [0.717, 1.165) is 16.8 Å². The van der Waals surface area contributed by atoms with Gasteiger partial charge in [-0.1, -0.05) is 55.3 Å². The minimum atomic E-state index is 0.596. The quantitative estimate of drug-likeness (QED) is 0.777. The summed E-state index contributed by atoms with van der Waals surface area (Å²) in [5.74, 6) is 0.912. The first-order chi connectivity index (χ1) is 10.8. The molecule has 0 unspecified atom stereocenters. The average molecular weight is 360 g/mol. The number of nitrogens with one attached hydrogen (secondary N) is 1. The number of hydrogen-bond acceptors (Lipinski definition) is 2. The van der Waals surface area contributed by atoms with Gasteiger partial charge in [-0.05, 0) is 46.0 Å². The van der Waals surface area contributed by atoms with Gasteiger partial charge in [-0.15, -0.1) is 0 Å². The fourth-order valence-electron chi connectivity index (χ4n) is 2.92. The maximum absolute atomic E-state index is 5.96. The molecule has 0 bridgehead atoms. The first-order valence-corrected chi connectivity index (χ1v) is 8.80. The first kappa shape index (κ1) is 15.6. The van der Waals surface area contributed by atoms with Crippen LogP contribution in [0.25, 0.3) is 0 Å². The van der Waals surface area contributed by atoms with E-state index in [9.17, 15) is 0 Å². The zero-order chi connectivity index (χ0) is 15.2. The van der Waals surface area contributed by atoms with Gasteiger partial charge in [-0.2, -0.15) is 0 Å². The summed E-state index contributed by atoms with van der Waals surface area (Å²) in [4.78, 5) is 0. The summed E-state index contributed by atoms with van der Waals surface area (Å²) in [6.45, 7) is 1.49. The molecule has 0 aliphatic heterocycles. The van der Waals surface area contributed by atoms with Crippen LogP contribution in [0.2, 0.25) is 0 Å². The van der Waals surface area contributed by atoms with Gasteiger partial charge in [0.25, 0.3) is 0 Å². The van der Waals surface area contributed by atoms with Crippen LogP contribution in [0.15, 0.2) is 53.0 Å². The molecular formula is C19H22BrNO. The third-order valence-electron chi connectivity index (χ3n) is 4.22. The molecule has 2 nitrogen and oxygen atoms in total. The lowest BCUT2D eigenvalue weighted by molar-refractivity contribution is 0.303. The van der Waals surface area contributed by atoms with Crippen molar-refractivity contribution in [3.63, 3.8) is 0 Å². The predicted molar refractivity (Wildman–Crippen MR) is 94.0 cm³/mol. The Hall–Kier alpha value is -1.32. The molecule has 0 saturated heterocycles. The molecule has 0 heterocycles. The molecule has 1 fully saturated rings. The Morgan fingerprint density at radius 1 is 1.00 bits per heavy atom. The largest absolute Gasteiger partial charge is 0.488 e. The number of ether oxygens (including phenoxy) is 1. The maximum Gasteiger partial charge on any atom is 0.134 e. The highest BCUT2D eigenvalue weighted by Gasteiger charge is 2.15. The Bertz CT molecular complexity index is 594. The van der Waals surface area contributed by atoms with Crippen LogP contribution >= 0.6 is 15.9 Å². The molecule has 2 aromatic carbocycles. The predicted octanol–water partition coefficient (Wildman–Crippen LogP) is 5.06. The summed E-state index contributed by atoms with van der Waals surface area (Å²) in [6, 6.07) is 17.2. The van der Waals surface area contributed by atoms with Crippen molar-refractivity contribution in [1.82, 2.24) is 5.32 Å². The lowest BCUT2D eigenvalue weighted by Crippen LogP contribution is -2.25. The van der Waals surface area contributed by atoms with Gasteiger partial charge in [0.2, 0.25) is 0 Å². The Morgan fingerprint density at radius 3 is 2.55 bits per heavy atom. The second-order valence-electron chi connectivity index (χ2n) is 5.87. The first-order valence-electron chi connectivity index (χ1n) is 8.00. The highest BCUT2D eigenvalue weighted by Crippen LogP contribution is 2.30. The van der Waals surface area contributed by atoms with Gasteiger partial charge in [0.15, 0.2) is 0 Å². The van der Waals surface area contributed by atoms with Crippen molar-refractivity contribution in [3.8, 4) is 5.75 Å². The van der Waals surface area contributed by atoms with E-state index in [1.807, 2.05) is 24.3 Å². The average Bonchev–Trinajstić information content (AvgIpc) is 3.07. The normalized spacial score (nSPS) is 15.1. The van der Waals surface area contributed by atoms with Crippen molar-refractivity contribution < 1.29 is 4.74 Å². The summed E-state index contributed by atoms with van der Waals surface area (Å²) in [7, 11) is 0. The standard InChI is InChI=1S/C19H22BrNO/c20-19-16(13-21-17-10-4-5-11-17)9-6-12-18(19)22-14-15-7-2-1-3-8-15/h1-3,6-9,12,17,21H,4-5,10-11,13-14H2. The van der Waals surface area contributed by atoms with Gasteiger partial charge in [0.1, 0.15) is 12.4 Å². The summed E-state index contributed by atoms with van der Waals surface area (Å²) in [5.41, 5.74) is 2.45. The van der Waals surface area contributed by atoms with Crippen LogP contribution < -0.4 is 10.1 Å². The lowest BCUT2D eigenvalue weighted by Gasteiger charge is -2.15. The smallest absolute Gasteiger partial charge is 0.134 e. The Balaban J connectivity index is 1.61. The highest BCUT2D eigenvalue weighted by atomic mass is 79.9. The molecule has 1 saturated carbocycles. The number of hydrogen-bond donors (Lipinski definition) is 1. The van der Waals surface area contributed by atoms with Gasteiger partial charge < -0.3 is 10.1 Å². The highest BCUT2D eigenvalue weighted by molar-refractivity contribution is 9.10. The van der Waals surface area contributed by atoms with Crippen LogP contribution in [0.1, 0.15) is 36.8 Å². The Labute approximate surface area is 141 Å². The fraction of sp³-hybridized carbons (Fsp3) is 0.368. The summed E-state index contributed by atoms with van der Waals surface area (Å²) >= 11 is 3.70. The molecule has 1 aliphatic rings. The van der Waals surface area contributed by atoms with Crippen LogP contribution in [0.3, 0.4) is 0 Å². The van der Waals surface area contributed by atoms with Crippen molar-refractivity contribution in [3.05, 3.63) is 64.1 Å². The minimum Gasteiger partial charge on any atom is -0.488 e. The van der Waals surface area contributed by atoms with Crippen molar-refractivity contribution in [1.29, 1.82) is 0 Å². The molecule has 0 aromatic heterocycles. The third-order valence-corrected chi connectivity index (χ3v) is 5.12. The van der Waals surface area contributed by atoms with E-state index in [4.69, 9.17) is 4.74 Å². The number of halogens is 1. The van der Waals surface area contributed by atoms with Gasteiger partial charge in [-0.3, -0.25) is 0 Å². The van der Waals surface area contributed by atoms with Crippen LogP contribution in [0.5, 0.6) is 5.75 Å². The summed E-state index contributed by atoms with van der Waals surface area (Å²) in [5, 5.41) is 3.65. The zero-order valence-electron chi connectivity index (χ0n) is 12.7. The van der Waals surface area contributed by atoms with Gasteiger partial charge in [0.05, 0.1) is 4.47 Å². The van der Waals surface area contributed by atoms with Crippen LogP contribution in [0.4, 0.5) is 0 Å². The van der Waals surface area contributed by atoms with Gasteiger partial charge >= 0.3 is 0 Å². The van der Waals surface area contributed by atoms with Crippen LogP contribution in [-0.4, -0.2) is 6.04 Å². The molecule has 3 rings (SSSR count). The molecule has 116 valence electrons. The SMILES string of the molecule is Brc1c(CNC2CCCC2)cccc1OCc1ccccc1. The van der Waals surface area contributed by atoms with E-state index in [2.05, 4.69) is 45.5 Å². The van der Waals surface area contributed by atoms with Crippen molar-refractivity contribution >= 4 is 15.9 Å². The van der Waals surface area contributed by atoms with Gasteiger partial charge in [-0.25, -0.2) is 0 Å². The molecule has 0 amide bonds. The molecule has 2 aromatic rings. The zero-order valence-corrected chi connectivity index (χ0v) is 14.3. The van der Waals surface area contributed by atoms with E-state index in [0.29, 0.717) is 12.6 Å². The van der Waals surface area contributed by atoms with E-state index >= 15 is 0 Å². The third kappa shape index (κ3) is 4.11. The van der Waals surface area contributed by atoms with Crippen molar-refractivity contribution in [2.45, 2.75) is 44.9 Å². The van der Waals surface area contributed by atoms with E-state index in [-0.39, 0.29) is 0 Å². The molecule has 1 aliphatic carbocycles. The van der Waals surface area contributed by atoms with Crippen LogP contribution in [-0.2, 0) is 13.2 Å². The Morgan fingerprint density at radius 2 is 1.77 bits per heavy atom. The molecule has 22 heavy (non-hydrogen) atoms. The number of rotatable bonds is 6. The summed E-state index contributed by atoms with van der Waals surface area (Å²) in [6.07, 6.45) is 5.34. The molecule has 0 radical (unpaired) electrons. The molecule has 0 atom stereocenters. The lowest BCUT2D eigenvalue weighted by atomic mass is 10.2.